The van der Waals surface area contributed by atoms with E-state index in [9.17, 15) is 9.90 Å². The highest BCUT2D eigenvalue weighted by molar-refractivity contribution is 7.99. The molecule has 118 valence electrons. The molecule has 1 aromatic carbocycles. The zero-order valence-electron chi connectivity index (χ0n) is 12.6. The van der Waals surface area contributed by atoms with E-state index in [0.29, 0.717) is 17.0 Å². The summed E-state index contributed by atoms with van der Waals surface area (Å²) >= 11 is 1.33. The predicted molar refractivity (Wildman–Crippen MR) is 83.3 cm³/mol. The molecular weight excluding hydrogens is 304 g/mol. The number of aromatic nitrogens is 1. The molecular formula is C15H17N2O4S-. The molecule has 22 heavy (non-hydrogen) atoms. The molecule has 6 nitrogen and oxygen atoms in total. The summed E-state index contributed by atoms with van der Waals surface area (Å²) in [6, 6.07) is 4.41. The smallest absolute Gasteiger partial charge is 0.145 e. The number of thioether (sulfide) groups is 1. The van der Waals surface area contributed by atoms with Gasteiger partial charge in [-0.15, -0.1) is 11.8 Å². The highest BCUT2D eigenvalue weighted by Crippen LogP contribution is 2.38. The van der Waals surface area contributed by atoms with Crippen LogP contribution < -0.4 is 20.3 Å². The number of nitrogens with two attached hydrogens (primary N) is 1. The van der Waals surface area contributed by atoms with Crippen LogP contribution in [0, 0.1) is 6.92 Å². The monoisotopic (exact) mass is 321 g/mol. The van der Waals surface area contributed by atoms with Crippen molar-refractivity contribution in [1.82, 2.24) is 4.98 Å². The van der Waals surface area contributed by atoms with Crippen molar-refractivity contribution in [1.29, 1.82) is 0 Å². The van der Waals surface area contributed by atoms with Crippen LogP contribution in [0.15, 0.2) is 23.1 Å². The maximum Gasteiger partial charge on any atom is 0.145 e. The summed E-state index contributed by atoms with van der Waals surface area (Å²) in [5.74, 6) is 0.201. The van der Waals surface area contributed by atoms with Crippen molar-refractivity contribution in [2.24, 2.45) is 5.73 Å². The number of methoxy groups -OCH3 is 2. The Morgan fingerprint density at radius 1 is 1.36 bits per heavy atom. The Labute approximate surface area is 132 Å². The Balaban J connectivity index is 2.54. The number of hydrogen-bond acceptors (Lipinski definition) is 7. The van der Waals surface area contributed by atoms with Crippen LogP contribution in [0.4, 0.5) is 0 Å². The second kappa shape index (κ2) is 6.85. The van der Waals surface area contributed by atoms with Gasteiger partial charge in [0.15, 0.2) is 0 Å². The van der Waals surface area contributed by atoms with Crippen LogP contribution in [0.3, 0.4) is 0 Å². The van der Waals surface area contributed by atoms with Crippen molar-refractivity contribution in [2.75, 3.05) is 20.0 Å². The molecule has 7 heteroatoms. The molecule has 0 saturated heterocycles. The maximum absolute atomic E-state index is 10.8. The summed E-state index contributed by atoms with van der Waals surface area (Å²) in [4.78, 5) is 16.1. The van der Waals surface area contributed by atoms with Gasteiger partial charge in [0.05, 0.1) is 31.6 Å². The van der Waals surface area contributed by atoms with Gasteiger partial charge in [-0.25, -0.2) is 4.98 Å². The first-order chi connectivity index (χ1) is 10.5. The van der Waals surface area contributed by atoms with Gasteiger partial charge in [-0.2, -0.15) is 0 Å². The summed E-state index contributed by atoms with van der Waals surface area (Å²) in [6.45, 7) is 1.86. The first-order valence-electron chi connectivity index (χ1n) is 6.59. The van der Waals surface area contributed by atoms with E-state index in [1.54, 1.807) is 26.4 Å². The van der Waals surface area contributed by atoms with E-state index in [0.717, 1.165) is 16.0 Å². The fraction of sp³-hybridized carbons (Fsp3) is 0.333. The molecule has 0 aliphatic rings. The van der Waals surface area contributed by atoms with Gasteiger partial charge in [-0.05, 0) is 25.1 Å². The van der Waals surface area contributed by atoms with E-state index in [4.69, 9.17) is 15.2 Å². The standard InChI is InChI=1S/C15H18N2O4S/c1-8-6-12(22-7-9(16)15(18)19)13-10(20-2)4-5-11(21-3)14(13)17-8/h4-6,9H,7,16H2,1-3H3,(H,18,19)/p-1. The van der Waals surface area contributed by atoms with Gasteiger partial charge in [-0.1, -0.05) is 0 Å². The summed E-state index contributed by atoms with van der Waals surface area (Å²) in [7, 11) is 3.15. The van der Waals surface area contributed by atoms with Gasteiger partial charge in [-0.3, -0.25) is 0 Å². The number of benzene rings is 1. The number of hydrogen-bond donors (Lipinski definition) is 1. The van der Waals surface area contributed by atoms with E-state index in [2.05, 4.69) is 4.98 Å². The molecule has 0 aliphatic heterocycles. The number of fused-ring (bicyclic) bond motifs is 1. The Hall–Kier alpha value is -1.99. The Morgan fingerprint density at radius 2 is 2.00 bits per heavy atom. The molecule has 1 atom stereocenters. The predicted octanol–water partition coefficient (Wildman–Crippen LogP) is 0.730. The SMILES string of the molecule is COc1ccc(OC)c2c(SCC(N)C(=O)[O-])cc(C)nc12. The van der Waals surface area contributed by atoms with Crippen LogP contribution >= 0.6 is 11.8 Å². The molecule has 2 N–H and O–H groups in total. The molecule has 0 fully saturated rings. The average Bonchev–Trinajstić information content (AvgIpc) is 2.50. The van der Waals surface area contributed by atoms with Crippen LogP contribution in [-0.2, 0) is 4.79 Å². The molecule has 2 rings (SSSR count). The van der Waals surface area contributed by atoms with Gasteiger partial charge < -0.3 is 25.1 Å². The fourth-order valence-electron chi connectivity index (χ4n) is 2.07. The molecule has 0 aliphatic carbocycles. The zero-order chi connectivity index (χ0) is 16.3. The number of rotatable bonds is 6. The normalized spacial score (nSPS) is 12.2. The van der Waals surface area contributed by atoms with E-state index < -0.39 is 12.0 Å². The minimum Gasteiger partial charge on any atom is -0.548 e. The molecule has 1 unspecified atom stereocenters. The highest BCUT2D eigenvalue weighted by Gasteiger charge is 2.15. The second-order valence-electron chi connectivity index (χ2n) is 4.69. The average molecular weight is 321 g/mol. The third-order valence-corrected chi connectivity index (χ3v) is 4.30. The van der Waals surface area contributed by atoms with Gasteiger partial charge in [0.2, 0.25) is 0 Å². The number of carbonyl (C=O) groups excluding carboxylic acids is 1. The number of ether oxygens (including phenoxy) is 2. The number of nitrogens with zero attached hydrogens (tertiary/aromatic N) is 1. The summed E-state index contributed by atoms with van der Waals surface area (Å²) in [5, 5.41) is 11.5. The van der Waals surface area contributed by atoms with E-state index in [1.807, 2.05) is 13.0 Å². The molecule has 0 amide bonds. The van der Waals surface area contributed by atoms with Crippen LogP contribution in [-0.4, -0.2) is 37.0 Å². The van der Waals surface area contributed by atoms with Crippen LogP contribution in [0.5, 0.6) is 11.5 Å². The van der Waals surface area contributed by atoms with Crippen LogP contribution in [0.2, 0.25) is 0 Å². The van der Waals surface area contributed by atoms with E-state index >= 15 is 0 Å². The van der Waals surface area contributed by atoms with Crippen molar-refractivity contribution >= 4 is 28.6 Å². The van der Waals surface area contributed by atoms with Crippen molar-refractivity contribution in [3.05, 3.63) is 23.9 Å². The number of carbonyl (C=O) groups is 1. The highest BCUT2D eigenvalue weighted by atomic mass is 32.2. The molecule has 0 spiro atoms. The largest absolute Gasteiger partial charge is 0.548 e. The minimum atomic E-state index is -1.27. The summed E-state index contributed by atoms with van der Waals surface area (Å²) < 4.78 is 10.7. The number of carboxylic acid groups (broad SMARTS) is 1. The molecule has 0 bridgehead atoms. The minimum absolute atomic E-state index is 0.196. The Morgan fingerprint density at radius 3 is 2.59 bits per heavy atom. The molecule has 2 aromatic rings. The summed E-state index contributed by atoms with van der Waals surface area (Å²) in [5.41, 5.74) is 6.99. The lowest BCUT2D eigenvalue weighted by Gasteiger charge is -2.16. The van der Waals surface area contributed by atoms with Crippen molar-refractivity contribution in [3.63, 3.8) is 0 Å². The van der Waals surface area contributed by atoms with E-state index in [1.165, 1.54) is 11.8 Å². The third-order valence-electron chi connectivity index (χ3n) is 3.14. The lowest BCUT2D eigenvalue weighted by atomic mass is 10.1. The lowest BCUT2D eigenvalue weighted by molar-refractivity contribution is -0.306. The lowest BCUT2D eigenvalue weighted by Crippen LogP contribution is -2.43. The van der Waals surface area contributed by atoms with Gasteiger partial charge in [0, 0.05) is 16.3 Å². The number of aliphatic carboxylic acids is 1. The first-order valence-corrected chi connectivity index (χ1v) is 7.58. The van der Waals surface area contributed by atoms with Crippen molar-refractivity contribution in [2.45, 2.75) is 17.9 Å². The quantitative estimate of drug-likeness (QED) is 0.783. The fourth-order valence-corrected chi connectivity index (χ4v) is 3.16. The van der Waals surface area contributed by atoms with Gasteiger partial charge in [0.25, 0.3) is 0 Å². The summed E-state index contributed by atoms with van der Waals surface area (Å²) in [6.07, 6.45) is 0. The second-order valence-corrected chi connectivity index (χ2v) is 5.75. The first kappa shape index (κ1) is 16.4. The van der Waals surface area contributed by atoms with Crippen LogP contribution in [0.1, 0.15) is 5.69 Å². The maximum atomic E-state index is 10.8. The zero-order valence-corrected chi connectivity index (χ0v) is 13.4. The Bertz CT molecular complexity index is 705. The van der Waals surface area contributed by atoms with Gasteiger partial charge >= 0.3 is 0 Å². The van der Waals surface area contributed by atoms with E-state index in [-0.39, 0.29) is 5.75 Å². The number of pyridine rings is 1. The number of carboxylic acids is 1. The molecule has 0 radical (unpaired) electrons. The van der Waals surface area contributed by atoms with Gasteiger partial charge in [0.1, 0.15) is 17.0 Å². The molecule has 0 saturated carbocycles. The topological polar surface area (TPSA) is 97.5 Å². The van der Waals surface area contributed by atoms with Crippen molar-refractivity contribution < 1.29 is 19.4 Å². The van der Waals surface area contributed by atoms with Crippen LogP contribution in [0.25, 0.3) is 10.9 Å². The number of aryl methyl sites for hydroxylation is 1. The third kappa shape index (κ3) is 3.26. The molecule has 1 aromatic heterocycles. The van der Waals surface area contributed by atoms with Crippen molar-refractivity contribution in [3.8, 4) is 11.5 Å². The molecule has 1 heterocycles. The Kier molecular flexibility index (Phi) is 5.10.